The second-order valence-corrected chi connectivity index (χ2v) is 4.87. The van der Waals surface area contributed by atoms with Gasteiger partial charge in [0, 0.05) is 16.1 Å². The van der Waals surface area contributed by atoms with Gasteiger partial charge in [-0.25, -0.2) is 4.39 Å². The van der Waals surface area contributed by atoms with E-state index in [0.717, 1.165) is 16.8 Å². The van der Waals surface area contributed by atoms with Gasteiger partial charge >= 0.3 is 0 Å². The van der Waals surface area contributed by atoms with Gasteiger partial charge < -0.3 is 5.73 Å². The van der Waals surface area contributed by atoms with Gasteiger partial charge in [0.05, 0.1) is 0 Å². The lowest BCUT2D eigenvalue weighted by atomic mass is 10.0. The Balaban J connectivity index is 0.00000112. The van der Waals surface area contributed by atoms with Crippen LogP contribution in [0.3, 0.4) is 0 Å². The van der Waals surface area contributed by atoms with Crippen LogP contribution in [0.25, 0.3) is 0 Å². The zero-order valence-corrected chi connectivity index (χ0v) is 10.7. The smallest absolute Gasteiger partial charge is 0.129 e. The molecule has 1 aromatic carbocycles. The molecule has 0 heterocycles. The van der Waals surface area contributed by atoms with Gasteiger partial charge in [-0.2, -0.15) is 0 Å². The summed E-state index contributed by atoms with van der Waals surface area (Å²) in [5.74, 6) is 0.528. The summed E-state index contributed by atoms with van der Waals surface area (Å²) in [7, 11) is 0. The molecule has 84 valence electrons. The van der Waals surface area contributed by atoms with Crippen LogP contribution in [0.2, 0.25) is 0 Å². The van der Waals surface area contributed by atoms with Gasteiger partial charge in [-0.15, -0.1) is 12.4 Å². The highest BCUT2D eigenvalue weighted by atomic mass is 79.9. The van der Waals surface area contributed by atoms with Crippen molar-refractivity contribution in [3.8, 4) is 0 Å². The van der Waals surface area contributed by atoms with Gasteiger partial charge in [-0.3, -0.25) is 0 Å². The van der Waals surface area contributed by atoms with E-state index in [0.29, 0.717) is 5.56 Å². The average molecular weight is 295 g/mol. The fourth-order valence-corrected chi connectivity index (χ4v) is 1.97. The van der Waals surface area contributed by atoms with E-state index >= 15 is 0 Å². The highest BCUT2D eigenvalue weighted by Gasteiger charge is 2.25. The molecule has 1 nitrogen and oxygen atoms in total. The molecule has 0 radical (unpaired) electrons. The van der Waals surface area contributed by atoms with Crippen molar-refractivity contribution >= 4 is 28.3 Å². The topological polar surface area (TPSA) is 26.0 Å². The zero-order valence-electron chi connectivity index (χ0n) is 8.25. The van der Waals surface area contributed by atoms with Gasteiger partial charge in [0.2, 0.25) is 0 Å². The maximum Gasteiger partial charge on any atom is 0.129 e. The average Bonchev–Trinajstić information content (AvgIpc) is 2.87. The molecule has 0 amide bonds. The number of hydrogen-bond donors (Lipinski definition) is 1. The second-order valence-electron chi connectivity index (χ2n) is 3.95. The van der Waals surface area contributed by atoms with Crippen LogP contribution in [0.5, 0.6) is 0 Å². The molecule has 0 aliphatic heterocycles. The lowest BCUT2D eigenvalue weighted by Crippen LogP contribution is -2.12. The zero-order chi connectivity index (χ0) is 10.1. The summed E-state index contributed by atoms with van der Waals surface area (Å²) < 4.78 is 14.2. The van der Waals surface area contributed by atoms with Crippen molar-refractivity contribution in [3.05, 3.63) is 34.1 Å². The Hall–Kier alpha value is -0.120. The summed E-state index contributed by atoms with van der Waals surface area (Å²) in [6.45, 7) is 0. The summed E-state index contributed by atoms with van der Waals surface area (Å²) in [5, 5.41) is 0. The van der Waals surface area contributed by atoms with Crippen LogP contribution in [0.15, 0.2) is 22.7 Å². The summed E-state index contributed by atoms with van der Waals surface area (Å²) in [6, 6.07) is 4.94. The first-order chi connectivity index (χ1) is 6.66. The fourth-order valence-electron chi connectivity index (χ4n) is 1.64. The summed E-state index contributed by atoms with van der Waals surface area (Å²) >= 11 is 3.23. The number of benzene rings is 1. The number of rotatable bonds is 3. The maximum absolute atomic E-state index is 13.5. The van der Waals surface area contributed by atoms with Crippen LogP contribution in [-0.4, -0.2) is 0 Å². The summed E-state index contributed by atoms with van der Waals surface area (Å²) in [4.78, 5) is 0. The van der Waals surface area contributed by atoms with Crippen molar-refractivity contribution in [2.45, 2.75) is 25.3 Å². The molecule has 0 bridgehead atoms. The molecule has 1 saturated carbocycles. The van der Waals surface area contributed by atoms with E-state index in [1.165, 1.54) is 18.9 Å². The van der Waals surface area contributed by atoms with E-state index in [-0.39, 0.29) is 24.3 Å². The SMILES string of the molecule is Cl.N[C@@H](CC1CC1)c1ccc(Br)cc1F. The molecule has 1 atom stereocenters. The first-order valence-corrected chi connectivity index (χ1v) is 5.66. The monoisotopic (exact) mass is 293 g/mol. The molecule has 0 aromatic heterocycles. The summed E-state index contributed by atoms with van der Waals surface area (Å²) in [5.41, 5.74) is 6.57. The third-order valence-electron chi connectivity index (χ3n) is 2.65. The summed E-state index contributed by atoms with van der Waals surface area (Å²) in [6.07, 6.45) is 3.43. The van der Waals surface area contributed by atoms with Gasteiger partial charge in [0.25, 0.3) is 0 Å². The third kappa shape index (κ3) is 3.44. The number of halogens is 3. The predicted molar refractivity (Wildman–Crippen MR) is 65.6 cm³/mol. The minimum absolute atomic E-state index is 0. The molecule has 15 heavy (non-hydrogen) atoms. The van der Waals surface area contributed by atoms with Crippen molar-refractivity contribution in [2.24, 2.45) is 11.7 Å². The molecule has 0 saturated heterocycles. The van der Waals surface area contributed by atoms with Crippen LogP contribution in [0.4, 0.5) is 4.39 Å². The molecular weight excluding hydrogens is 280 g/mol. The first kappa shape index (κ1) is 12.9. The van der Waals surface area contributed by atoms with Crippen molar-refractivity contribution in [1.29, 1.82) is 0 Å². The van der Waals surface area contributed by atoms with Crippen molar-refractivity contribution in [2.75, 3.05) is 0 Å². The molecule has 4 heteroatoms. The lowest BCUT2D eigenvalue weighted by molar-refractivity contribution is 0.542. The minimum Gasteiger partial charge on any atom is -0.324 e. The molecule has 1 aliphatic carbocycles. The molecule has 1 aliphatic rings. The normalized spacial score (nSPS) is 17.0. The molecule has 1 aromatic rings. The molecular formula is C11H14BrClFN. The Kier molecular flexibility index (Phi) is 4.56. The van der Waals surface area contributed by atoms with Gasteiger partial charge in [0.15, 0.2) is 0 Å². The van der Waals surface area contributed by atoms with E-state index in [9.17, 15) is 4.39 Å². The standard InChI is InChI=1S/C11H13BrFN.ClH/c12-8-3-4-9(10(13)6-8)11(14)5-7-1-2-7;/h3-4,6-7,11H,1-2,5,14H2;1H/t11-;/m0./s1. The van der Waals surface area contributed by atoms with E-state index in [1.807, 2.05) is 6.07 Å². The van der Waals surface area contributed by atoms with Crippen LogP contribution < -0.4 is 5.73 Å². The molecule has 0 spiro atoms. The molecule has 2 N–H and O–H groups in total. The van der Waals surface area contributed by atoms with Crippen molar-refractivity contribution in [3.63, 3.8) is 0 Å². The van der Waals surface area contributed by atoms with Gasteiger partial charge in [0.1, 0.15) is 5.82 Å². The fraction of sp³-hybridized carbons (Fsp3) is 0.455. The second kappa shape index (κ2) is 5.28. The van der Waals surface area contributed by atoms with E-state index in [1.54, 1.807) is 6.07 Å². The largest absolute Gasteiger partial charge is 0.324 e. The predicted octanol–water partition coefficient (Wildman–Crippen LogP) is 3.81. The first-order valence-electron chi connectivity index (χ1n) is 4.87. The van der Waals surface area contributed by atoms with Crippen molar-refractivity contribution < 1.29 is 4.39 Å². The Morgan fingerprint density at radius 2 is 2.13 bits per heavy atom. The van der Waals surface area contributed by atoms with Crippen LogP contribution in [0, 0.1) is 11.7 Å². The van der Waals surface area contributed by atoms with Gasteiger partial charge in [-0.1, -0.05) is 34.8 Å². The van der Waals surface area contributed by atoms with Crippen molar-refractivity contribution in [1.82, 2.24) is 0 Å². The van der Waals surface area contributed by atoms with Crippen LogP contribution in [0.1, 0.15) is 30.9 Å². The molecule has 0 unspecified atom stereocenters. The molecule has 1 fully saturated rings. The van der Waals surface area contributed by atoms with Crippen LogP contribution in [-0.2, 0) is 0 Å². The highest BCUT2D eigenvalue weighted by molar-refractivity contribution is 9.10. The minimum atomic E-state index is -0.201. The Morgan fingerprint density at radius 1 is 1.47 bits per heavy atom. The Morgan fingerprint density at radius 3 is 2.67 bits per heavy atom. The molecule has 2 rings (SSSR count). The van der Waals surface area contributed by atoms with E-state index in [4.69, 9.17) is 5.73 Å². The number of hydrogen-bond acceptors (Lipinski definition) is 1. The Labute approximate surface area is 104 Å². The third-order valence-corrected chi connectivity index (χ3v) is 3.14. The van der Waals surface area contributed by atoms with E-state index in [2.05, 4.69) is 15.9 Å². The highest BCUT2D eigenvalue weighted by Crippen LogP contribution is 2.37. The lowest BCUT2D eigenvalue weighted by Gasteiger charge is -2.12. The quantitative estimate of drug-likeness (QED) is 0.901. The van der Waals surface area contributed by atoms with Gasteiger partial charge in [-0.05, 0) is 24.5 Å². The Bertz CT molecular complexity index is 341. The van der Waals surface area contributed by atoms with E-state index < -0.39 is 0 Å². The van der Waals surface area contributed by atoms with Crippen LogP contribution >= 0.6 is 28.3 Å². The maximum atomic E-state index is 13.5. The number of nitrogens with two attached hydrogens (primary N) is 1.